The molecule has 0 radical (unpaired) electrons. The van der Waals surface area contributed by atoms with Gasteiger partial charge >= 0.3 is 0 Å². The molecule has 7 nitrogen and oxygen atoms in total. The molecule has 0 saturated heterocycles. The number of nitrogens with zero attached hydrogens (tertiary/aromatic N) is 2. The average Bonchev–Trinajstić information content (AvgIpc) is 2.77. The van der Waals surface area contributed by atoms with E-state index < -0.39 is 16.1 Å². The Morgan fingerprint density at radius 1 is 1.09 bits per heavy atom. The Balaban J connectivity index is 2.06. The van der Waals surface area contributed by atoms with Crippen molar-refractivity contribution in [1.82, 2.24) is 14.5 Å². The first kappa shape index (κ1) is 25.8. The molecule has 174 valence electrons. The standard InChI is InChI=1S/C23H30ClN3O4S/c1-4-25-23(29)18(2)27(17-19-10-8-11-20(24)16-19)22(28)14-9-15-26(3)32(30,31)21-12-6-5-7-13-21/h5-8,10-13,16,18H,4,9,14-15,17H2,1-3H3,(H,25,29). The van der Waals surface area contributed by atoms with Gasteiger partial charge in [0.25, 0.3) is 0 Å². The second kappa shape index (κ2) is 12.0. The van der Waals surface area contributed by atoms with Crippen LogP contribution in [-0.4, -0.2) is 55.6 Å². The second-order valence-electron chi connectivity index (χ2n) is 7.47. The minimum absolute atomic E-state index is 0.110. The first-order valence-electron chi connectivity index (χ1n) is 10.5. The molecule has 0 aliphatic rings. The molecule has 0 heterocycles. The molecule has 0 aliphatic heterocycles. The molecule has 2 rings (SSSR count). The molecule has 1 atom stereocenters. The number of benzene rings is 2. The van der Waals surface area contributed by atoms with Crippen molar-refractivity contribution in [2.24, 2.45) is 0 Å². The summed E-state index contributed by atoms with van der Waals surface area (Å²) in [5, 5.41) is 3.29. The molecule has 1 unspecified atom stereocenters. The van der Waals surface area contributed by atoms with Crippen LogP contribution in [0.3, 0.4) is 0 Å². The van der Waals surface area contributed by atoms with Gasteiger partial charge in [-0.3, -0.25) is 9.59 Å². The molecular weight excluding hydrogens is 450 g/mol. The van der Waals surface area contributed by atoms with Crippen LogP contribution in [0.2, 0.25) is 5.02 Å². The number of hydrogen-bond donors (Lipinski definition) is 1. The van der Waals surface area contributed by atoms with Crippen LogP contribution in [0.5, 0.6) is 0 Å². The highest BCUT2D eigenvalue weighted by Gasteiger charge is 2.26. The summed E-state index contributed by atoms with van der Waals surface area (Å²) < 4.78 is 26.5. The zero-order chi connectivity index (χ0) is 23.7. The van der Waals surface area contributed by atoms with Gasteiger partial charge < -0.3 is 10.2 Å². The third-order valence-electron chi connectivity index (χ3n) is 5.08. The molecule has 0 aliphatic carbocycles. The summed E-state index contributed by atoms with van der Waals surface area (Å²) >= 11 is 6.07. The number of sulfonamides is 1. The maximum absolute atomic E-state index is 13.0. The summed E-state index contributed by atoms with van der Waals surface area (Å²) in [5.74, 6) is -0.471. The Morgan fingerprint density at radius 3 is 2.41 bits per heavy atom. The summed E-state index contributed by atoms with van der Waals surface area (Å²) in [4.78, 5) is 27.1. The van der Waals surface area contributed by atoms with E-state index in [4.69, 9.17) is 11.6 Å². The van der Waals surface area contributed by atoms with Gasteiger partial charge in [0.1, 0.15) is 6.04 Å². The molecule has 0 spiro atoms. The largest absolute Gasteiger partial charge is 0.355 e. The fourth-order valence-corrected chi connectivity index (χ4v) is 4.67. The highest BCUT2D eigenvalue weighted by atomic mass is 35.5. The number of rotatable bonds is 11. The SMILES string of the molecule is CCNC(=O)C(C)N(Cc1cccc(Cl)c1)C(=O)CCCN(C)S(=O)(=O)c1ccccc1. The number of carbonyl (C=O) groups is 2. The topological polar surface area (TPSA) is 86.8 Å². The van der Waals surface area contributed by atoms with Crippen LogP contribution in [0.25, 0.3) is 0 Å². The molecular formula is C23H30ClN3O4S. The minimum atomic E-state index is -3.62. The third kappa shape index (κ3) is 7.05. The quantitative estimate of drug-likeness (QED) is 0.535. The fraction of sp³-hybridized carbons (Fsp3) is 0.391. The molecule has 2 aromatic rings. The lowest BCUT2D eigenvalue weighted by Crippen LogP contribution is -2.47. The highest BCUT2D eigenvalue weighted by Crippen LogP contribution is 2.17. The smallest absolute Gasteiger partial charge is 0.242 e. The van der Waals surface area contributed by atoms with Gasteiger partial charge in [0.05, 0.1) is 4.90 Å². The molecule has 0 fully saturated rings. The normalized spacial score (nSPS) is 12.4. The summed E-state index contributed by atoms with van der Waals surface area (Å²) in [7, 11) is -2.12. The number of nitrogens with one attached hydrogen (secondary N) is 1. The molecule has 9 heteroatoms. The zero-order valence-corrected chi connectivity index (χ0v) is 20.2. The first-order valence-corrected chi connectivity index (χ1v) is 12.3. The minimum Gasteiger partial charge on any atom is -0.355 e. The number of carbonyl (C=O) groups excluding carboxylic acids is 2. The van der Waals surface area contributed by atoms with Crippen LogP contribution in [-0.2, 0) is 26.2 Å². The van der Waals surface area contributed by atoms with Gasteiger partial charge in [-0.15, -0.1) is 0 Å². The van der Waals surface area contributed by atoms with E-state index in [1.807, 2.05) is 13.0 Å². The number of hydrogen-bond acceptors (Lipinski definition) is 4. The van der Waals surface area contributed by atoms with Crippen molar-refractivity contribution in [2.75, 3.05) is 20.1 Å². The van der Waals surface area contributed by atoms with Gasteiger partial charge in [-0.1, -0.05) is 41.9 Å². The molecule has 1 N–H and O–H groups in total. The van der Waals surface area contributed by atoms with Crippen molar-refractivity contribution in [3.63, 3.8) is 0 Å². The van der Waals surface area contributed by atoms with E-state index in [0.717, 1.165) is 5.56 Å². The predicted octanol–water partition coefficient (Wildman–Crippen LogP) is 3.29. The van der Waals surface area contributed by atoms with Crippen LogP contribution in [0.1, 0.15) is 32.3 Å². The van der Waals surface area contributed by atoms with Gasteiger partial charge in [0.15, 0.2) is 0 Å². The Labute approximate surface area is 195 Å². The lowest BCUT2D eigenvalue weighted by molar-refractivity contribution is -0.140. The summed E-state index contributed by atoms with van der Waals surface area (Å²) in [5.41, 5.74) is 0.811. The van der Waals surface area contributed by atoms with Gasteiger partial charge in [-0.2, -0.15) is 0 Å². The van der Waals surface area contributed by atoms with E-state index in [0.29, 0.717) is 18.0 Å². The van der Waals surface area contributed by atoms with E-state index in [-0.39, 0.29) is 36.2 Å². The van der Waals surface area contributed by atoms with E-state index >= 15 is 0 Å². The summed E-state index contributed by atoms with van der Waals surface area (Å²) in [6.07, 6.45) is 0.439. The average molecular weight is 480 g/mol. The van der Waals surface area contributed by atoms with Gasteiger partial charge in [-0.05, 0) is 50.1 Å². The van der Waals surface area contributed by atoms with Crippen LogP contribution in [0.4, 0.5) is 0 Å². The predicted molar refractivity (Wildman–Crippen MR) is 126 cm³/mol. The third-order valence-corrected chi connectivity index (χ3v) is 7.18. The Bertz CT molecular complexity index is 1010. The monoisotopic (exact) mass is 479 g/mol. The van der Waals surface area contributed by atoms with Crippen LogP contribution >= 0.6 is 11.6 Å². The zero-order valence-electron chi connectivity index (χ0n) is 18.6. The van der Waals surface area contributed by atoms with E-state index in [9.17, 15) is 18.0 Å². The molecule has 0 bridgehead atoms. The first-order chi connectivity index (χ1) is 15.2. The van der Waals surface area contributed by atoms with Crippen LogP contribution in [0.15, 0.2) is 59.5 Å². The van der Waals surface area contributed by atoms with E-state index in [1.54, 1.807) is 43.3 Å². The van der Waals surface area contributed by atoms with E-state index in [2.05, 4.69) is 5.32 Å². The lowest BCUT2D eigenvalue weighted by atomic mass is 10.1. The van der Waals surface area contributed by atoms with Crippen molar-refractivity contribution < 1.29 is 18.0 Å². The van der Waals surface area contributed by atoms with Crippen molar-refractivity contribution >= 4 is 33.4 Å². The molecule has 32 heavy (non-hydrogen) atoms. The van der Waals surface area contributed by atoms with Crippen molar-refractivity contribution in [1.29, 1.82) is 0 Å². The molecule has 2 aromatic carbocycles. The fourth-order valence-electron chi connectivity index (χ4n) is 3.23. The Kier molecular flexibility index (Phi) is 9.68. The molecule has 0 aromatic heterocycles. The summed E-state index contributed by atoms with van der Waals surface area (Å²) in [6.45, 7) is 4.38. The van der Waals surface area contributed by atoms with Crippen LogP contribution in [0, 0.1) is 0 Å². The molecule has 2 amide bonds. The van der Waals surface area contributed by atoms with Gasteiger partial charge in [-0.25, -0.2) is 12.7 Å². The number of halogens is 1. The molecule has 0 saturated carbocycles. The lowest BCUT2D eigenvalue weighted by Gasteiger charge is -2.29. The maximum atomic E-state index is 13.0. The number of likely N-dealkylation sites (N-methyl/N-ethyl adjacent to an activating group) is 1. The van der Waals surface area contributed by atoms with E-state index in [1.165, 1.54) is 28.4 Å². The maximum Gasteiger partial charge on any atom is 0.242 e. The second-order valence-corrected chi connectivity index (χ2v) is 9.95. The Morgan fingerprint density at radius 2 is 1.78 bits per heavy atom. The van der Waals surface area contributed by atoms with Crippen LogP contribution < -0.4 is 5.32 Å². The highest BCUT2D eigenvalue weighted by molar-refractivity contribution is 7.89. The van der Waals surface area contributed by atoms with Gasteiger partial charge in [0.2, 0.25) is 21.8 Å². The summed E-state index contributed by atoms with van der Waals surface area (Å²) in [6, 6.07) is 14.6. The number of amides is 2. The van der Waals surface area contributed by atoms with Crippen molar-refractivity contribution in [3.8, 4) is 0 Å². The Hall–Kier alpha value is -2.42. The van der Waals surface area contributed by atoms with Crippen molar-refractivity contribution in [3.05, 3.63) is 65.2 Å². The van der Waals surface area contributed by atoms with Crippen molar-refractivity contribution in [2.45, 2.75) is 44.2 Å². The van der Waals surface area contributed by atoms with Gasteiger partial charge in [0, 0.05) is 38.1 Å².